The molecule has 1 heterocycles. The Morgan fingerprint density at radius 1 is 1.11 bits per heavy atom. The molecule has 144 valence electrons. The van der Waals surface area contributed by atoms with E-state index in [1.54, 1.807) is 48.7 Å². The second kappa shape index (κ2) is 8.10. The first-order chi connectivity index (χ1) is 12.9. The largest absolute Gasteiger partial charge is 0.507 e. The number of hydrogen-bond acceptors (Lipinski definition) is 5. The monoisotopic (exact) mass is 388 g/mol. The van der Waals surface area contributed by atoms with Crippen LogP contribution in [0.2, 0.25) is 0 Å². The smallest absolute Gasteiger partial charge is 0.243 e. The van der Waals surface area contributed by atoms with E-state index in [1.807, 2.05) is 0 Å². The summed E-state index contributed by atoms with van der Waals surface area (Å²) < 4.78 is 32.7. The average molecular weight is 388 g/mol. The zero-order chi connectivity index (χ0) is 19.4. The summed E-state index contributed by atoms with van der Waals surface area (Å²) in [5.41, 5.74) is 1.71. The van der Waals surface area contributed by atoms with Crippen LogP contribution in [0.15, 0.2) is 46.3 Å². The summed E-state index contributed by atoms with van der Waals surface area (Å²) in [7, 11) is -1.98. The fraction of sp³-hybridized carbons (Fsp3) is 0.350. The lowest BCUT2D eigenvalue weighted by Crippen LogP contribution is -2.35. The molecule has 2 aromatic carbocycles. The van der Waals surface area contributed by atoms with Crippen molar-refractivity contribution in [2.75, 3.05) is 20.2 Å². The van der Waals surface area contributed by atoms with Crippen LogP contribution < -0.4 is 4.74 Å². The van der Waals surface area contributed by atoms with Gasteiger partial charge in [-0.05, 0) is 55.7 Å². The molecule has 2 aromatic rings. The average Bonchev–Trinajstić information content (AvgIpc) is 2.69. The Morgan fingerprint density at radius 3 is 2.56 bits per heavy atom. The van der Waals surface area contributed by atoms with Crippen molar-refractivity contribution in [2.24, 2.45) is 4.99 Å². The number of methoxy groups -OCH3 is 1. The van der Waals surface area contributed by atoms with E-state index in [0.29, 0.717) is 35.7 Å². The number of aromatic hydroxyl groups is 1. The molecule has 1 aliphatic rings. The summed E-state index contributed by atoms with van der Waals surface area (Å²) in [6, 6.07) is 9.96. The second-order valence-corrected chi connectivity index (χ2v) is 8.50. The molecule has 6 nitrogen and oxygen atoms in total. The lowest BCUT2D eigenvalue weighted by Gasteiger charge is -2.26. The van der Waals surface area contributed by atoms with Crippen LogP contribution in [0.25, 0.3) is 0 Å². The quantitative estimate of drug-likeness (QED) is 0.793. The van der Waals surface area contributed by atoms with Crippen LogP contribution in [0, 0.1) is 6.92 Å². The van der Waals surface area contributed by atoms with Gasteiger partial charge in [0.25, 0.3) is 0 Å². The molecule has 1 aliphatic heterocycles. The van der Waals surface area contributed by atoms with Gasteiger partial charge in [-0.25, -0.2) is 8.42 Å². The maximum Gasteiger partial charge on any atom is 0.243 e. The minimum atomic E-state index is -3.53. The normalized spacial score (nSPS) is 15.9. The molecule has 0 radical (unpaired) electrons. The van der Waals surface area contributed by atoms with E-state index < -0.39 is 10.0 Å². The third-order valence-electron chi connectivity index (χ3n) is 4.69. The van der Waals surface area contributed by atoms with E-state index in [2.05, 4.69) is 4.99 Å². The van der Waals surface area contributed by atoms with Crippen molar-refractivity contribution >= 4 is 21.9 Å². The number of aliphatic imine (C=N–C) groups is 1. The highest BCUT2D eigenvalue weighted by molar-refractivity contribution is 7.89. The lowest BCUT2D eigenvalue weighted by molar-refractivity contribution is 0.346. The van der Waals surface area contributed by atoms with Crippen molar-refractivity contribution in [1.82, 2.24) is 4.31 Å². The Morgan fingerprint density at radius 2 is 1.85 bits per heavy atom. The molecule has 0 spiro atoms. The van der Waals surface area contributed by atoms with Crippen molar-refractivity contribution in [3.8, 4) is 11.5 Å². The van der Waals surface area contributed by atoms with Gasteiger partial charge in [0.2, 0.25) is 10.0 Å². The molecule has 1 N–H and O–H groups in total. The molecule has 27 heavy (non-hydrogen) atoms. The van der Waals surface area contributed by atoms with Crippen LogP contribution in [0.3, 0.4) is 0 Å². The topological polar surface area (TPSA) is 79.2 Å². The summed E-state index contributed by atoms with van der Waals surface area (Å²) in [5, 5.41) is 9.96. The molecule has 0 atom stereocenters. The summed E-state index contributed by atoms with van der Waals surface area (Å²) >= 11 is 0. The Labute approximate surface area is 160 Å². The molecule has 1 saturated heterocycles. The molecule has 0 unspecified atom stereocenters. The van der Waals surface area contributed by atoms with Crippen LogP contribution >= 0.6 is 0 Å². The predicted molar refractivity (Wildman–Crippen MR) is 106 cm³/mol. The highest BCUT2D eigenvalue weighted by atomic mass is 32.2. The first-order valence-corrected chi connectivity index (χ1v) is 10.4. The zero-order valence-electron chi connectivity index (χ0n) is 15.6. The minimum absolute atomic E-state index is 0.0767. The first kappa shape index (κ1) is 19.4. The van der Waals surface area contributed by atoms with Gasteiger partial charge in [0.05, 0.1) is 17.7 Å². The number of phenols is 1. The van der Waals surface area contributed by atoms with Crippen molar-refractivity contribution in [1.29, 1.82) is 0 Å². The van der Waals surface area contributed by atoms with Gasteiger partial charge in [-0.2, -0.15) is 4.31 Å². The van der Waals surface area contributed by atoms with E-state index in [0.717, 1.165) is 19.3 Å². The fourth-order valence-electron chi connectivity index (χ4n) is 3.10. The third-order valence-corrected chi connectivity index (χ3v) is 6.73. The van der Waals surface area contributed by atoms with Gasteiger partial charge in [0.1, 0.15) is 11.5 Å². The SMILES string of the molecule is COc1ccc(O)c(C=Nc2ccc(C)c(S(=O)(=O)N3CCCCC3)c2)c1. The Bertz CT molecular complexity index is 948. The van der Waals surface area contributed by atoms with Gasteiger partial charge in [-0.15, -0.1) is 0 Å². The van der Waals surface area contributed by atoms with E-state index >= 15 is 0 Å². The first-order valence-electron chi connectivity index (χ1n) is 8.94. The lowest BCUT2D eigenvalue weighted by atomic mass is 10.2. The van der Waals surface area contributed by atoms with Gasteiger partial charge < -0.3 is 9.84 Å². The number of hydrogen-bond donors (Lipinski definition) is 1. The Kier molecular flexibility index (Phi) is 5.82. The molecule has 0 saturated carbocycles. The van der Waals surface area contributed by atoms with Crippen LogP contribution in [0.1, 0.15) is 30.4 Å². The number of phenolic OH excluding ortho intramolecular Hbond substituents is 1. The zero-order valence-corrected chi connectivity index (χ0v) is 16.4. The van der Waals surface area contributed by atoms with Crippen molar-refractivity contribution < 1.29 is 18.3 Å². The van der Waals surface area contributed by atoms with Gasteiger partial charge in [0.15, 0.2) is 0 Å². The number of rotatable bonds is 5. The third kappa shape index (κ3) is 4.31. The van der Waals surface area contributed by atoms with Crippen molar-refractivity contribution in [3.63, 3.8) is 0 Å². The van der Waals surface area contributed by atoms with E-state index in [1.165, 1.54) is 12.3 Å². The van der Waals surface area contributed by atoms with Gasteiger partial charge in [-0.3, -0.25) is 4.99 Å². The van der Waals surface area contributed by atoms with Crippen LogP contribution in [-0.2, 0) is 10.0 Å². The van der Waals surface area contributed by atoms with Crippen LogP contribution in [-0.4, -0.2) is 44.2 Å². The summed E-state index contributed by atoms with van der Waals surface area (Å²) in [6.45, 7) is 2.91. The molecule has 0 bridgehead atoms. The van der Waals surface area contributed by atoms with Gasteiger partial charge in [-0.1, -0.05) is 12.5 Å². The summed E-state index contributed by atoms with van der Waals surface area (Å²) in [5.74, 6) is 0.680. The van der Waals surface area contributed by atoms with Crippen LogP contribution in [0.5, 0.6) is 11.5 Å². The Balaban J connectivity index is 1.91. The summed E-state index contributed by atoms with van der Waals surface area (Å²) in [6.07, 6.45) is 4.36. The molecule has 0 aliphatic carbocycles. The molecular weight excluding hydrogens is 364 g/mol. The van der Waals surface area contributed by atoms with E-state index in [-0.39, 0.29) is 10.6 Å². The minimum Gasteiger partial charge on any atom is -0.507 e. The molecule has 3 rings (SSSR count). The summed E-state index contributed by atoms with van der Waals surface area (Å²) in [4.78, 5) is 4.64. The van der Waals surface area contributed by atoms with E-state index in [9.17, 15) is 13.5 Å². The van der Waals surface area contributed by atoms with Gasteiger partial charge in [0, 0.05) is 24.9 Å². The highest BCUT2D eigenvalue weighted by Gasteiger charge is 2.27. The number of ether oxygens (including phenoxy) is 1. The van der Waals surface area contributed by atoms with Gasteiger partial charge >= 0.3 is 0 Å². The van der Waals surface area contributed by atoms with E-state index in [4.69, 9.17) is 4.74 Å². The maximum atomic E-state index is 13.0. The molecule has 1 fully saturated rings. The second-order valence-electron chi connectivity index (χ2n) is 6.60. The Hall–Kier alpha value is -2.38. The molecular formula is C20H24N2O4S. The maximum absolute atomic E-state index is 13.0. The van der Waals surface area contributed by atoms with Crippen LogP contribution in [0.4, 0.5) is 5.69 Å². The highest BCUT2D eigenvalue weighted by Crippen LogP contribution is 2.28. The standard InChI is InChI=1S/C20H24N2O4S/c1-15-6-7-17(21-14-16-12-18(26-2)8-9-19(16)23)13-20(15)27(24,25)22-10-4-3-5-11-22/h6-9,12-14,23H,3-5,10-11H2,1-2H3. The molecule has 0 amide bonds. The van der Waals surface area contributed by atoms with Crippen molar-refractivity contribution in [3.05, 3.63) is 47.5 Å². The number of aryl methyl sites for hydroxylation is 1. The van der Waals surface area contributed by atoms with Crippen molar-refractivity contribution in [2.45, 2.75) is 31.1 Å². The number of piperidine rings is 1. The number of benzene rings is 2. The number of sulfonamides is 1. The molecule has 0 aromatic heterocycles. The fourth-order valence-corrected chi connectivity index (χ4v) is 4.86. The predicted octanol–water partition coefficient (Wildman–Crippen LogP) is 3.63. The molecule has 7 heteroatoms. The number of nitrogens with zero attached hydrogens (tertiary/aromatic N) is 2.